The number of aryl methyl sites for hydroxylation is 1. The van der Waals surface area contributed by atoms with Crippen LogP contribution in [0.1, 0.15) is 16.1 Å². The predicted octanol–water partition coefficient (Wildman–Crippen LogP) is 3.48. The molecule has 7 nitrogen and oxygen atoms in total. The number of benzene rings is 1. The number of carbonyl (C=O) groups excluding carboxylic acids is 1. The van der Waals surface area contributed by atoms with Crippen LogP contribution in [0.15, 0.2) is 72.1 Å². The summed E-state index contributed by atoms with van der Waals surface area (Å²) in [6.45, 7) is 2.00. The number of imidazole rings is 1. The van der Waals surface area contributed by atoms with Gasteiger partial charge in [0.1, 0.15) is 12.1 Å². The molecule has 128 valence electrons. The zero-order valence-electron chi connectivity index (χ0n) is 14.0. The van der Waals surface area contributed by atoms with E-state index < -0.39 is 0 Å². The number of hydrogen-bond donors (Lipinski definition) is 1. The first-order valence-corrected chi connectivity index (χ1v) is 7.97. The second-order valence-electron chi connectivity index (χ2n) is 5.73. The second-order valence-corrected chi connectivity index (χ2v) is 5.73. The van der Waals surface area contributed by atoms with E-state index >= 15 is 0 Å². The van der Waals surface area contributed by atoms with Gasteiger partial charge in [0.25, 0.3) is 5.91 Å². The number of nitrogens with zero attached hydrogens (tertiary/aromatic N) is 4. The fourth-order valence-electron chi connectivity index (χ4n) is 2.52. The molecule has 0 aliphatic rings. The predicted molar refractivity (Wildman–Crippen MR) is 96.0 cm³/mol. The van der Waals surface area contributed by atoms with Crippen LogP contribution in [-0.4, -0.2) is 25.4 Å². The zero-order chi connectivity index (χ0) is 17.9. The van der Waals surface area contributed by atoms with Crippen LogP contribution >= 0.6 is 0 Å². The minimum absolute atomic E-state index is 0.229. The number of oxazole rings is 1. The number of pyridine rings is 1. The van der Waals surface area contributed by atoms with Gasteiger partial charge in [0, 0.05) is 18.0 Å². The van der Waals surface area contributed by atoms with Crippen LogP contribution in [0.2, 0.25) is 0 Å². The summed E-state index contributed by atoms with van der Waals surface area (Å²) in [7, 11) is 0. The van der Waals surface area contributed by atoms with Gasteiger partial charge in [-0.25, -0.2) is 15.0 Å². The maximum Gasteiger partial charge on any atom is 0.278 e. The molecule has 4 aromatic rings. The monoisotopic (exact) mass is 345 g/mol. The number of aromatic nitrogens is 4. The lowest BCUT2D eigenvalue weighted by Gasteiger charge is -2.06. The van der Waals surface area contributed by atoms with E-state index in [-0.39, 0.29) is 11.6 Å². The molecule has 0 unspecified atom stereocenters. The maximum absolute atomic E-state index is 12.6. The molecule has 3 aromatic heterocycles. The third kappa shape index (κ3) is 3.10. The smallest absolute Gasteiger partial charge is 0.278 e. The van der Waals surface area contributed by atoms with Crippen molar-refractivity contribution in [2.24, 2.45) is 0 Å². The van der Waals surface area contributed by atoms with Gasteiger partial charge in [-0.1, -0.05) is 29.8 Å². The van der Waals surface area contributed by atoms with Gasteiger partial charge in [-0.2, -0.15) is 0 Å². The molecule has 0 radical (unpaired) electrons. The highest BCUT2D eigenvalue weighted by molar-refractivity contribution is 6.06. The Kier molecular flexibility index (Phi) is 4.03. The van der Waals surface area contributed by atoms with Gasteiger partial charge >= 0.3 is 0 Å². The topological polar surface area (TPSA) is 85.8 Å². The standard InChI is InChI=1S/C19H15N5O2/c1-13-2-4-14(5-3-13)18-17(22-12-26-18)19(25)23-15-6-7-16(21-10-15)24-9-8-20-11-24/h2-12H,1H3,(H,23,25). The van der Waals surface area contributed by atoms with E-state index in [4.69, 9.17) is 4.42 Å². The van der Waals surface area contributed by atoms with Crippen LogP contribution in [-0.2, 0) is 0 Å². The molecule has 4 rings (SSSR count). The van der Waals surface area contributed by atoms with E-state index in [0.717, 1.165) is 11.1 Å². The van der Waals surface area contributed by atoms with Crippen LogP contribution in [0, 0.1) is 6.92 Å². The third-order valence-corrected chi connectivity index (χ3v) is 3.87. The normalized spacial score (nSPS) is 10.7. The van der Waals surface area contributed by atoms with Crippen molar-refractivity contribution >= 4 is 11.6 Å². The Hall–Kier alpha value is -3.74. The maximum atomic E-state index is 12.6. The number of rotatable bonds is 4. The van der Waals surface area contributed by atoms with Gasteiger partial charge in [0.05, 0.1) is 11.9 Å². The molecule has 1 amide bonds. The van der Waals surface area contributed by atoms with Gasteiger partial charge in [0.15, 0.2) is 17.8 Å². The van der Waals surface area contributed by atoms with Crippen molar-refractivity contribution in [3.8, 4) is 17.1 Å². The Labute approximate surface area is 149 Å². The summed E-state index contributed by atoms with van der Waals surface area (Å²) in [4.78, 5) is 24.9. The van der Waals surface area contributed by atoms with Crippen LogP contribution in [0.25, 0.3) is 17.1 Å². The molecule has 0 aliphatic heterocycles. The molecule has 0 fully saturated rings. The average Bonchev–Trinajstić information content (AvgIpc) is 3.35. The first-order valence-electron chi connectivity index (χ1n) is 7.97. The van der Waals surface area contributed by atoms with Crippen molar-refractivity contribution in [3.63, 3.8) is 0 Å². The molecule has 1 N–H and O–H groups in total. The molecule has 7 heteroatoms. The SMILES string of the molecule is Cc1ccc(-c2ocnc2C(=O)Nc2ccc(-n3ccnc3)nc2)cc1. The minimum atomic E-state index is -0.355. The summed E-state index contributed by atoms with van der Waals surface area (Å²) in [5, 5.41) is 2.79. The first kappa shape index (κ1) is 15.8. The second kappa shape index (κ2) is 6.64. The summed E-state index contributed by atoms with van der Waals surface area (Å²) >= 11 is 0. The summed E-state index contributed by atoms with van der Waals surface area (Å²) in [5.74, 6) is 0.791. The lowest BCUT2D eigenvalue weighted by atomic mass is 10.1. The summed E-state index contributed by atoms with van der Waals surface area (Å²) in [6, 6.07) is 11.3. The Morgan fingerprint density at radius 1 is 1.12 bits per heavy atom. The van der Waals surface area contributed by atoms with Gasteiger partial charge in [-0.3, -0.25) is 9.36 Å². The molecule has 0 bridgehead atoms. The number of nitrogens with one attached hydrogen (secondary N) is 1. The fraction of sp³-hybridized carbons (Fsp3) is 0.0526. The summed E-state index contributed by atoms with van der Waals surface area (Å²) in [5.41, 5.74) is 2.72. The van der Waals surface area contributed by atoms with Gasteiger partial charge < -0.3 is 9.73 Å². The Morgan fingerprint density at radius 2 is 1.96 bits per heavy atom. The summed E-state index contributed by atoms with van der Waals surface area (Å²) in [6.07, 6.45) is 7.98. The molecular weight excluding hydrogens is 330 g/mol. The molecule has 0 spiro atoms. The summed E-state index contributed by atoms with van der Waals surface area (Å²) < 4.78 is 7.20. The van der Waals surface area contributed by atoms with Crippen LogP contribution in [0.5, 0.6) is 0 Å². The van der Waals surface area contributed by atoms with E-state index in [1.807, 2.05) is 31.2 Å². The van der Waals surface area contributed by atoms with Gasteiger partial charge in [-0.15, -0.1) is 0 Å². The molecule has 1 aromatic carbocycles. The number of anilines is 1. The van der Waals surface area contributed by atoms with Crippen molar-refractivity contribution in [3.05, 3.63) is 79.0 Å². The van der Waals surface area contributed by atoms with Crippen molar-refractivity contribution < 1.29 is 9.21 Å². The van der Waals surface area contributed by atoms with E-state index in [2.05, 4.69) is 20.3 Å². The van der Waals surface area contributed by atoms with Gasteiger partial charge in [-0.05, 0) is 19.1 Å². The molecule has 0 saturated carbocycles. The van der Waals surface area contributed by atoms with Crippen LogP contribution < -0.4 is 5.32 Å². The lowest BCUT2D eigenvalue weighted by Crippen LogP contribution is -2.13. The Morgan fingerprint density at radius 3 is 2.65 bits per heavy atom. The van der Waals surface area contributed by atoms with Crippen LogP contribution in [0.4, 0.5) is 5.69 Å². The highest BCUT2D eigenvalue weighted by Crippen LogP contribution is 2.24. The number of amides is 1. The van der Waals surface area contributed by atoms with E-state index in [9.17, 15) is 4.79 Å². The average molecular weight is 345 g/mol. The number of carbonyl (C=O) groups is 1. The quantitative estimate of drug-likeness (QED) is 0.612. The minimum Gasteiger partial charge on any atom is -0.443 e. The number of hydrogen-bond acceptors (Lipinski definition) is 5. The third-order valence-electron chi connectivity index (χ3n) is 3.87. The molecular formula is C19H15N5O2. The first-order chi connectivity index (χ1) is 12.7. The van der Waals surface area contributed by atoms with Crippen molar-refractivity contribution in [1.29, 1.82) is 0 Å². The van der Waals surface area contributed by atoms with Crippen LogP contribution in [0.3, 0.4) is 0 Å². The molecule has 26 heavy (non-hydrogen) atoms. The lowest BCUT2D eigenvalue weighted by molar-refractivity contribution is 0.102. The van der Waals surface area contributed by atoms with E-state index in [1.165, 1.54) is 6.39 Å². The molecule has 0 atom stereocenters. The van der Waals surface area contributed by atoms with Gasteiger partial charge in [0.2, 0.25) is 0 Å². The zero-order valence-corrected chi connectivity index (χ0v) is 14.0. The highest BCUT2D eigenvalue weighted by Gasteiger charge is 2.18. The van der Waals surface area contributed by atoms with E-state index in [0.29, 0.717) is 17.3 Å². The fourth-order valence-corrected chi connectivity index (χ4v) is 2.52. The Balaban J connectivity index is 1.54. The highest BCUT2D eigenvalue weighted by atomic mass is 16.3. The van der Waals surface area contributed by atoms with Crippen molar-refractivity contribution in [2.75, 3.05) is 5.32 Å². The van der Waals surface area contributed by atoms with Crippen molar-refractivity contribution in [1.82, 2.24) is 19.5 Å². The van der Waals surface area contributed by atoms with E-state index in [1.54, 1.807) is 41.6 Å². The molecule has 0 aliphatic carbocycles. The largest absolute Gasteiger partial charge is 0.443 e. The Bertz CT molecular complexity index is 1020. The molecule has 3 heterocycles. The molecule has 0 saturated heterocycles. The van der Waals surface area contributed by atoms with Crippen molar-refractivity contribution in [2.45, 2.75) is 6.92 Å².